The molecule has 0 spiro atoms. The van der Waals surface area contributed by atoms with Gasteiger partial charge in [0.05, 0.1) is 0 Å². The summed E-state index contributed by atoms with van der Waals surface area (Å²) in [6.07, 6.45) is 5.52. The fourth-order valence-corrected chi connectivity index (χ4v) is 5.30. The number of aryl methyl sites for hydroxylation is 4. The minimum Gasteiger partial charge on any atom is -0.444 e. The lowest BCUT2D eigenvalue weighted by atomic mass is 9.97. The Kier molecular flexibility index (Phi) is 13.9. The van der Waals surface area contributed by atoms with Crippen molar-refractivity contribution >= 4 is 35.4 Å². The number of carbonyl (C=O) groups excluding carboxylic acids is 3. The molecular formula is C34H51N3O4S. The number of amides is 3. The van der Waals surface area contributed by atoms with Gasteiger partial charge in [-0.1, -0.05) is 62.6 Å². The maximum atomic E-state index is 14.4. The molecule has 0 saturated heterocycles. The largest absolute Gasteiger partial charge is 0.444 e. The number of nitrogens with one attached hydrogen (secondary N) is 2. The zero-order chi connectivity index (χ0) is 31.4. The molecule has 42 heavy (non-hydrogen) atoms. The Morgan fingerprint density at radius 3 is 2.17 bits per heavy atom. The molecule has 2 unspecified atom stereocenters. The summed E-state index contributed by atoms with van der Waals surface area (Å²) in [6.45, 7) is 15.9. The number of anilines is 1. The van der Waals surface area contributed by atoms with Gasteiger partial charge in [-0.15, -0.1) is 0 Å². The molecule has 2 aromatic carbocycles. The molecule has 3 amide bonds. The standard InChI is InChI=1S/C34H51N3O4S/c1-10-11-12-13-20-37(32(39)28(19-21-42-9)35-33(40)41-34(6,7)8)30(27-18-17-23(2)26(5)22-27)31(38)36-29-24(3)15-14-16-25(29)4/h14-18,22,28,30H,10-13,19-21H2,1-9H3,(H,35,40)(H,36,38). The molecule has 2 rings (SSSR count). The number of nitrogens with zero attached hydrogens (tertiary/aromatic N) is 1. The van der Waals surface area contributed by atoms with Gasteiger partial charge in [0.2, 0.25) is 5.91 Å². The van der Waals surface area contributed by atoms with Gasteiger partial charge in [0.1, 0.15) is 17.7 Å². The molecule has 8 heteroatoms. The van der Waals surface area contributed by atoms with Crippen LogP contribution in [0.4, 0.5) is 10.5 Å². The first kappa shape index (κ1) is 35.2. The van der Waals surface area contributed by atoms with E-state index in [2.05, 4.69) is 17.6 Å². The quantitative estimate of drug-likeness (QED) is 0.218. The van der Waals surface area contributed by atoms with E-state index in [0.717, 1.165) is 59.2 Å². The molecule has 0 aliphatic rings. The lowest BCUT2D eigenvalue weighted by Gasteiger charge is -2.35. The molecular weight excluding hydrogens is 546 g/mol. The number of thioether (sulfide) groups is 1. The minimum atomic E-state index is -0.880. The first-order valence-corrected chi connectivity index (χ1v) is 16.4. The van der Waals surface area contributed by atoms with Crippen molar-refractivity contribution in [3.8, 4) is 0 Å². The average molecular weight is 598 g/mol. The molecule has 0 heterocycles. The van der Waals surface area contributed by atoms with Crippen LogP contribution in [0.3, 0.4) is 0 Å². The van der Waals surface area contributed by atoms with Crippen LogP contribution < -0.4 is 10.6 Å². The van der Waals surface area contributed by atoms with Crippen LogP contribution in [-0.2, 0) is 14.3 Å². The third-order valence-corrected chi connectivity index (χ3v) is 7.92. The SMILES string of the molecule is CCCCCCN(C(=O)C(CCSC)NC(=O)OC(C)(C)C)C(C(=O)Nc1c(C)cccc1C)c1ccc(C)c(C)c1. The predicted molar refractivity (Wildman–Crippen MR) is 175 cm³/mol. The molecule has 0 aliphatic carbocycles. The molecule has 0 aromatic heterocycles. The number of alkyl carbamates (subject to hydrolysis) is 1. The van der Waals surface area contributed by atoms with Gasteiger partial charge in [-0.05, 0) is 101 Å². The van der Waals surface area contributed by atoms with Gasteiger partial charge in [0.15, 0.2) is 0 Å². The summed E-state index contributed by atoms with van der Waals surface area (Å²) in [6, 6.07) is 10.1. The van der Waals surface area contributed by atoms with Gasteiger partial charge in [-0.2, -0.15) is 11.8 Å². The van der Waals surface area contributed by atoms with E-state index >= 15 is 0 Å². The second kappa shape index (κ2) is 16.6. The molecule has 0 fully saturated rings. The van der Waals surface area contributed by atoms with Gasteiger partial charge in [0.25, 0.3) is 5.91 Å². The Bertz CT molecular complexity index is 1190. The van der Waals surface area contributed by atoms with Gasteiger partial charge in [-0.25, -0.2) is 4.79 Å². The van der Waals surface area contributed by atoms with Gasteiger partial charge < -0.3 is 20.3 Å². The summed E-state index contributed by atoms with van der Waals surface area (Å²) >= 11 is 1.60. The highest BCUT2D eigenvalue weighted by Crippen LogP contribution is 2.29. The van der Waals surface area contributed by atoms with Crippen LogP contribution in [0.5, 0.6) is 0 Å². The number of hydrogen-bond donors (Lipinski definition) is 2. The van der Waals surface area contributed by atoms with E-state index in [9.17, 15) is 14.4 Å². The normalized spacial score (nSPS) is 12.8. The third kappa shape index (κ3) is 10.7. The van der Waals surface area contributed by atoms with E-state index < -0.39 is 23.8 Å². The molecule has 0 bridgehead atoms. The lowest BCUT2D eigenvalue weighted by Crippen LogP contribution is -2.53. The fraction of sp³-hybridized carbons (Fsp3) is 0.559. The van der Waals surface area contributed by atoms with Crippen molar-refractivity contribution in [2.24, 2.45) is 0 Å². The molecule has 0 radical (unpaired) electrons. The number of benzene rings is 2. The number of hydrogen-bond acceptors (Lipinski definition) is 5. The number of carbonyl (C=O) groups is 3. The van der Waals surface area contributed by atoms with Crippen molar-refractivity contribution in [3.05, 3.63) is 64.2 Å². The van der Waals surface area contributed by atoms with Crippen molar-refractivity contribution in [2.45, 2.75) is 105 Å². The van der Waals surface area contributed by atoms with Gasteiger partial charge >= 0.3 is 6.09 Å². The van der Waals surface area contributed by atoms with Crippen molar-refractivity contribution in [2.75, 3.05) is 23.9 Å². The number of ether oxygens (including phenoxy) is 1. The van der Waals surface area contributed by atoms with E-state index in [1.807, 2.05) is 70.3 Å². The second-order valence-corrected chi connectivity index (χ2v) is 13.1. The summed E-state index contributed by atoms with van der Waals surface area (Å²) in [5, 5.41) is 5.98. The zero-order valence-corrected chi connectivity index (χ0v) is 27.9. The summed E-state index contributed by atoms with van der Waals surface area (Å²) in [5.41, 5.74) is 4.84. The van der Waals surface area contributed by atoms with Crippen LogP contribution in [0.1, 0.15) is 93.7 Å². The van der Waals surface area contributed by atoms with Gasteiger partial charge in [0, 0.05) is 12.2 Å². The van der Waals surface area contributed by atoms with E-state index in [-0.39, 0.29) is 11.8 Å². The van der Waals surface area contributed by atoms with Crippen molar-refractivity contribution < 1.29 is 19.1 Å². The summed E-state index contributed by atoms with van der Waals surface area (Å²) < 4.78 is 5.51. The number of unbranched alkanes of at least 4 members (excludes halogenated alkanes) is 3. The monoisotopic (exact) mass is 597 g/mol. The van der Waals surface area contributed by atoms with Crippen LogP contribution >= 0.6 is 11.8 Å². The average Bonchev–Trinajstić information content (AvgIpc) is 2.90. The van der Waals surface area contributed by atoms with Crippen molar-refractivity contribution in [3.63, 3.8) is 0 Å². The van der Waals surface area contributed by atoms with E-state index in [0.29, 0.717) is 18.7 Å². The summed E-state index contributed by atoms with van der Waals surface area (Å²) in [7, 11) is 0. The lowest BCUT2D eigenvalue weighted by molar-refractivity contribution is -0.141. The topological polar surface area (TPSA) is 87.7 Å². The highest BCUT2D eigenvalue weighted by Gasteiger charge is 2.36. The Morgan fingerprint density at radius 2 is 1.60 bits per heavy atom. The maximum absolute atomic E-state index is 14.4. The van der Waals surface area contributed by atoms with Gasteiger partial charge in [-0.3, -0.25) is 9.59 Å². The summed E-state index contributed by atoms with van der Waals surface area (Å²) in [4.78, 5) is 43.2. The Hall–Kier alpha value is -3.00. The first-order chi connectivity index (χ1) is 19.8. The molecule has 232 valence electrons. The predicted octanol–water partition coefficient (Wildman–Crippen LogP) is 7.66. The van der Waals surface area contributed by atoms with Crippen LogP contribution in [0.2, 0.25) is 0 Å². The van der Waals surface area contributed by atoms with Crippen molar-refractivity contribution in [1.82, 2.24) is 10.2 Å². The fourth-order valence-electron chi connectivity index (χ4n) is 4.83. The molecule has 2 atom stereocenters. The Labute approximate surface area is 257 Å². The molecule has 7 nitrogen and oxygen atoms in total. The Balaban J connectivity index is 2.60. The Morgan fingerprint density at radius 1 is 0.929 bits per heavy atom. The molecule has 2 aromatic rings. The van der Waals surface area contributed by atoms with Crippen molar-refractivity contribution in [1.29, 1.82) is 0 Å². The maximum Gasteiger partial charge on any atom is 0.408 e. The molecule has 0 aliphatic heterocycles. The van der Waals surface area contributed by atoms with E-state index in [1.165, 1.54) is 0 Å². The second-order valence-electron chi connectivity index (χ2n) is 12.1. The summed E-state index contributed by atoms with van der Waals surface area (Å²) in [5.74, 6) is 0.102. The number of para-hydroxylation sites is 1. The van der Waals surface area contributed by atoms with Crippen LogP contribution in [0.25, 0.3) is 0 Å². The van der Waals surface area contributed by atoms with Crippen LogP contribution in [0, 0.1) is 27.7 Å². The third-order valence-electron chi connectivity index (χ3n) is 7.27. The highest BCUT2D eigenvalue weighted by molar-refractivity contribution is 7.98. The number of rotatable bonds is 14. The minimum absolute atomic E-state index is 0.277. The smallest absolute Gasteiger partial charge is 0.408 e. The van der Waals surface area contributed by atoms with Crippen LogP contribution in [-0.4, -0.2) is 53.0 Å². The molecule has 0 saturated carbocycles. The molecule has 2 N–H and O–H groups in total. The van der Waals surface area contributed by atoms with E-state index in [1.54, 1.807) is 37.4 Å². The van der Waals surface area contributed by atoms with E-state index in [4.69, 9.17) is 4.74 Å². The first-order valence-electron chi connectivity index (χ1n) is 15.0. The highest BCUT2D eigenvalue weighted by atomic mass is 32.2. The zero-order valence-electron chi connectivity index (χ0n) is 27.1. The van der Waals surface area contributed by atoms with Crippen LogP contribution in [0.15, 0.2) is 36.4 Å².